The summed E-state index contributed by atoms with van der Waals surface area (Å²) in [6.07, 6.45) is 2.17. The molecule has 0 aromatic heterocycles. The number of urea groups is 1. The van der Waals surface area contributed by atoms with Gasteiger partial charge in [-0.1, -0.05) is 23.7 Å². The van der Waals surface area contributed by atoms with Gasteiger partial charge in [0, 0.05) is 18.1 Å². The van der Waals surface area contributed by atoms with Gasteiger partial charge >= 0.3 is 6.03 Å². The third-order valence-electron chi connectivity index (χ3n) is 4.10. The third-order valence-corrected chi connectivity index (χ3v) is 4.36. The number of nitrogens with one attached hydrogen (secondary N) is 3. The zero-order valence-corrected chi connectivity index (χ0v) is 14.0. The lowest BCUT2D eigenvalue weighted by molar-refractivity contribution is -0.122. The number of benzene rings is 1. The fraction of sp³-hybridized carbons (Fsp3) is 0.500. The fourth-order valence-electron chi connectivity index (χ4n) is 2.41. The Morgan fingerprint density at radius 2 is 1.91 bits per heavy atom. The van der Waals surface area contributed by atoms with Gasteiger partial charge in [0.05, 0.1) is 12.1 Å². The number of hydrogen-bond donors (Lipinski definition) is 4. The van der Waals surface area contributed by atoms with Crippen LogP contribution in [0, 0.1) is 5.92 Å². The highest BCUT2D eigenvalue weighted by Crippen LogP contribution is 2.38. The van der Waals surface area contributed by atoms with Gasteiger partial charge in [-0.2, -0.15) is 0 Å². The van der Waals surface area contributed by atoms with Crippen LogP contribution in [0.3, 0.4) is 0 Å². The summed E-state index contributed by atoms with van der Waals surface area (Å²) in [6.45, 7) is 2.64. The molecule has 1 aromatic carbocycles. The molecule has 1 unspecified atom stereocenters. The smallest absolute Gasteiger partial charge is 0.315 e. The molecule has 0 spiro atoms. The van der Waals surface area contributed by atoms with E-state index < -0.39 is 6.03 Å². The van der Waals surface area contributed by atoms with E-state index in [0.717, 1.165) is 18.4 Å². The third kappa shape index (κ3) is 5.41. The molecule has 1 saturated carbocycles. The number of amides is 3. The van der Waals surface area contributed by atoms with Crippen LogP contribution in [0.15, 0.2) is 24.3 Å². The summed E-state index contributed by atoms with van der Waals surface area (Å²) in [5.41, 5.74) is 6.30. The first kappa shape index (κ1) is 17.6. The van der Waals surface area contributed by atoms with Crippen LogP contribution in [0.25, 0.3) is 0 Å². The van der Waals surface area contributed by atoms with Crippen molar-refractivity contribution in [3.8, 4) is 0 Å². The van der Waals surface area contributed by atoms with E-state index in [2.05, 4.69) is 16.0 Å². The molecule has 0 radical (unpaired) electrons. The first-order valence-electron chi connectivity index (χ1n) is 7.70. The Balaban J connectivity index is 1.69. The number of nitrogens with two attached hydrogens (primary N) is 1. The first-order chi connectivity index (χ1) is 10.9. The quantitative estimate of drug-likeness (QED) is 0.604. The van der Waals surface area contributed by atoms with E-state index in [-0.39, 0.29) is 18.0 Å². The van der Waals surface area contributed by atoms with Crippen LogP contribution < -0.4 is 21.7 Å². The molecule has 1 atom stereocenters. The highest BCUT2D eigenvalue weighted by atomic mass is 35.5. The molecule has 1 aromatic rings. The maximum Gasteiger partial charge on any atom is 0.315 e. The summed E-state index contributed by atoms with van der Waals surface area (Å²) >= 11 is 5.80. The van der Waals surface area contributed by atoms with E-state index in [1.165, 1.54) is 0 Å². The van der Waals surface area contributed by atoms with Crippen LogP contribution in [0.2, 0.25) is 5.02 Å². The minimum absolute atomic E-state index is 0.0746. The molecule has 0 bridgehead atoms. The topological polar surface area (TPSA) is 96.2 Å². The van der Waals surface area contributed by atoms with Crippen LogP contribution >= 0.6 is 11.6 Å². The number of halogens is 1. The van der Waals surface area contributed by atoms with Gasteiger partial charge in [-0.15, -0.1) is 0 Å². The van der Waals surface area contributed by atoms with Crippen molar-refractivity contribution in [1.82, 2.24) is 16.0 Å². The molecular formula is C16H23ClN4O2. The molecule has 0 saturated heterocycles. The summed E-state index contributed by atoms with van der Waals surface area (Å²) in [6, 6.07) is 6.79. The van der Waals surface area contributed by atoms with Gasteiger partial charge in [0.25, 0.3) is 0 Å². The Bertz CT molecular complexity index is 560. The summed E-state index contributed by atoms with van der Waals surface area (Å²) in [7, 11) is 0. The maximum atomic E-state index is 11.9. The molecule has 7 heteroatoms. The second-order valence-electron chi connectivity index (χ2n) is 6.11. The van der Waals surface area contributed by atoms with Crippen LogP contribution in [0.4, 0.5) is 4.79 Å². The Morgan fingerprint density at radius 3 is 2.48 bits per heavy atom. The maximum absolute atomic E-state index is 11.9. The average Bonchev–Trinajstić information content (AvgIpc) is 3.37. The predicted molar refractivity (Wildman–Crippen MR) is 90.0 cm³/mol. The minimum Gasteiger partial charge on any atom is -0.348 e. The van der Waals surface area contributed by atoms with E-state index in [4.69, 9.17) is 17.3 Å². The number of carbonyl (C=O) groups is 2. The minimum atomic E-state index is -0.393. The number of hydrogen-bond acceptors (Lipinski definition) is 3. The Kier molecular flexibility index (Phi) is 5.85. The van der Waals surface area contributed by atoms with Crippen LogP contribution in [-0.4, -0.2) is 30.6 Å². The van der Waals surface area contributed by atoms with E-state index in [0.29, 0.717) is 24.0 Å². The van der Waals surface area contributed by atoms with Crippen molar-refractivity contribution in [2.75, 3.05) is 13.1 Å². The molecule has 6 nitrogen and oxygen atoms in total. The van der Waals surface area contributed by atoms with Crippen molar-refractivity contribution in [3.05, 3.63) is 34.9 Å². The summed E-state index contributed by atoms with van der Waals surface area (Å²) in [4.78, 5) is 23.7. The Labute approximate surface area is 141 Å². The van der Waals surface area contributed by atoms with Gasteiger partial charge in [-0.3, -0.25) is 4.79 Å². The first-order valence-corrected chi connectivity index (χ1v) is 8.08. The van der Waals surface area contributed by atoms with Gasteiger partial charge in [0.1, 0.15) is 0 Å². The summed E-state index contributed by atoms with van der Waals surface area (Å²) in [5.74, 6) is 0.210. The summed E-state index contributed by atoms with van der Waals surface area (Å²) < 4.78 is 0. The lowest BCUT2D eigenvalue weighted by Gasteiger charge is -2.29. The summed E-state index contributed by atoms with van der Waals surface area (Å²) in [5, 5.41) is 8.80. The largest absolute Gasteiger partial charge is 0.348 e. The zero-order valence-electron chi connectivity index (χ0n) is 13.2. The molecule has 3 amide bonds. The van der Waals surface area contributed by atoms with Crippen LogP contribution in [0.1, 0.15) is 25.3 Å². The van der Waals surface area contributed by atoms with Crippen molar-refractivity contribution in [3.63, 3.8) is 0 Å². The van der Waals surface area contributed by atoms with Crippen molar-refractivity contribution in [2.45, 2.75) is 31.8 Å². The van der Waals surface area contributed by atoms with Gasteiger partial charge in [0.15, 0.2) is 0 Å². The van der Waals surface area contributed by atoms with Crippen molar-refractivity contribution in [2.24, 2.45) is 11.7 Å². The van der Waals surface area contributed by atoms with Gasteiger partial charge in [-0.25, -0.2) is 4.79 Å². The fourth-order valence-corrected chi connectivity index (χ4v) is 2.54. The predicted octanol–water partition coefficient (Wildman–Crippen LogP) is 1.38. The second-order valence-corrected chi connectivity index (χ2v) is 6.54. The van der Waals surface area contributed by atoms with Crippen molar-refractivity contribution >= 4 is 23.5 Å². The van der Waals surface area contributed by atoms with E-state index in [1.54, 1.807) is 12.1 Å². The number of rotatable bonds is 7. The van der Waals surface area contributed by atoms with Crippen LogP contribution in [-0.2, 0) is 11.3 Å². The highest BCUT2D eigenvalue weighted by Gasteiger charge is 2.41. The molecule has 1 aliphatic carbocycles. The molecular weight excluding hydrogens is 316 g/mol. The van der Waals surface area contributed by atoms with E-state index in [1.807, 2.05) is 19.1 Å². The molecule has 1 fully saturated rings. The molecule has 0 heterocycles. The molecule has 126 valence electrons. The molecule has 1 aliphatic rings. The monoisotopic (exact) mass is 338 g/mol. The average molecular weight is 339 g/mol. The number of carbonyl (C=O) groups excluding carboxylic acids is 2. The van der Waals surface area contributed by atoms with Crippen molar-refractivity contribution < 1.29 is 9.59 Å². The molecule has 23 heavy (non-hydrogen) atoms. The lowest BCUT2D eigenvalue weighted by atomic mass is 9.96. The van der Waals surface area contributed by atoms with E-state index >= 15 is 0 Å². The van der Waals surface area contributed by atoms with Gasteiger partial charge in [0.2, 0.25) is 5.91 Å². The normalized spacial score (nSPS) is 16.3. The SMILES string of the molecule is CC(CN)(NC(=O)CNC(=O)NCc1ccc(Cl)cc1)C1CC1. The molecule has 2 rings (SSSR count). The molecule has 5 N–H and O–H groups in total. The second kappa shape index (κ2) is 7.66. The Hall–Kier alpha value is -1.79. The Morgan fingerprint density at radius 1 is 1.26 bits per heavy atom. The van der Waals surface area contributed by atoms with Crippen molar-refractivity contribution in [1.29, 1.82) is 0 Å². The highest BCUT2D eigenvalue weighted by molar-refractivity contribution is 6.30. The standard InChI is InChI=1S/C16H23ClN4O2/c1-16(10-18,12-4-5-12)21-14(22)9-20-15(23)19-8-11-2-6-13(17)7-3-11/h2-3,6-7,12H,4-5,8-10,18H2,1H3,(H,21,22)(H2,19,20,23). The van der Waals surface area contributed by atoms with Gasteiger partial charge in [-0.05, 0) is 43.4 Å². The lowest BCUT2D eigenvalue weighted by Crippen LogP contribution is -2.55. The van der Waals surface area contributed by atoms with Gasteiger partial charge < -0.3 is 21.7 Å². The van der Waals surface area contributed by atoms with Crippen LogP contribution in [0.5, 0.6) is 0 Å². The van der Waals surface area contributed by atoms with E-state index in [9.17, 15) is 9.59 Å². The molecule has 0 aliphatic heterocycles. The zero-order chi connectivity index (χ0) is 16.9.